The number of halogens is 3. The Hall–Kier alpha value is -3.35. The topological polar surface area (TPSA) is 104 Å². The van der Waals surface area contributed by atoms with Gasteiger partial charge in [0.25, 0.3) is 5.56 Å². The molecule has 0 atom stereocenters. The molecule has 0 N–H and O–H groups in total. The van der Waals surface area contributed by atoms with Crippen LogP contribution in [0.1, 0.15) is 18.2 Å². The van der Waals surface area contributed by atoms with Crippen LogP contribution < -0.4 is 10.5 Å². The van der Waals surface area contributed by atoms with Crippen LogP contribution in [-0.2, 0) is 24.5 Å². The van der Waals surface area contributed by atoms with Gasteiger partial charge in [-0.3, -0.25) is 4.79 Å². The summed E-state index contributed by atoms with van der Waals surface area (Å²) in [6.07, 6.45) is -1.44. The lowest BCUT2D eigenvalue weighted by Gasteiger charge is -2.40. The Labute approximate surface area is 174 Å². The Balaban J connectivity index is 1.54. The Morgan fingerprint density at radius 2 is 1.90 bits per heavy atom. The van der Waals surface area contributed by atoms with E-state index >= 15 is 0 Å². The van der Waals surface area contributed by atoms with Gasteiger partial charge in [0.1, 0.15) is 0 Å². The summed E-state index contributed by atoms with van der Waals surface area (Å²) in [6.45, 7) is 3.97. The van der Waals surface area contributed by atoms with Crippen LogP contribution in [-0.4, -0.2) is 60.5 Å². The highest BCUT2D eigenvalue weighted by atomic mass is 19.4. The van der Waals surface area contributed by atoms with Crippen molar-refractivity contribution in [3.8, 4) is 11.5 Å². The average molecular weight is 436 g/mol. The van der Waals surface area contributed by atoms with Crippen LogP contribution in [0.25, 0.3) is 11.5 Å². The highest BCUT2D eigenvalue weighted by Crippen LogP contribution is 2.29. The first kappa shape index (κ1) is 20.9. The first-order valence-corrected chi connectivity index (χ1v) is 9.48. The third-order valence-electron chi connectivity index (χ3n) is 4.90. The molecule has 0 aliphatic carbocycles. The largest absolute Gasteiger partial charge is 0.419 e. The van der Waals surface area contributed by atoms with Crippen LogP contribution in [0, 0.1) is 0 Å². The smallest absolute Gasteiger partial charge is 0.375 e. The average Bonchev–Trinajstić information content (AvgIpc) is 3.06. The fourth-order valence-corrected chi connectivity index (χ4v) is 3.17. The van der Waals surface area contributed by atoms with E-state index in [4.69, 9.17) is 4.74 Å². The summed E-state index contributed by atoms with van der Waals surface area (Å²) in [7, 11) is 1.60. The lowest BCUT2D eigenvalue weighted by Crippen LogP contribution is -2.52. The molecule has 31 heavy (non-hydrogen) atoms. The van der Waals surface area contributed by atoms with E-state index in [1.807, 2.05) is 11.8 Å². The van der Waals surface area contributed by atoms with E-state index in [9.17, 15) is 18.0 Å². The maximum Gasteiger partial charge on any atom is 0.419 e. The number of alkyl halides is 3. The predicted molar refractivity (Wildman–Crippen MR) is 102 cm³/mol. The zero-order valence-corrected chi connectivity index (χ0v) is 16.7. The molecule has 13 heteroatoms. The number of aromatic nitrogens is 7. The Morgan fingerprint density at radius 1 is 1.19 bits per heavy atom. The number of ether oxygens (including phenoxy) is 1. The highest BCUT2D eigenvalue weighted by molar-refractivity contribution is 5.52. The van der Waals surface area contributed by atoms with Gasteiger partial charge in [-0.1, -0.05) is 5.21 Å². The number of nitrogens with zero attached hydrogens (tertiary/aromatic N) is 8. The summed E-state index contributed by atoms with van der Waals surface area (Å²) in [6, 6.07) is 1.48. The number of rotatable bonds is 6. The summed E-state index contributed by atoms with van der Waals surface area (Å²) in [5, 5.41) is 12.0. The molecule has 1 fully saturated rings. The molecule has 3 aromatic heterocycles. The van der Waals surface area contributed by atoms with Crippen molar-refractivity contribution in [2.24, 2.45) is 7.05 Å². The van der Waals surface area contributed by atoms with Crippen molar-refractivity contribution in [1.29, 1.82) is 0 Å². The molecule has 164 valence electrons. The molecule has 0 bridgehead atoms. The maximum atomic E-state index is 12.7. The molecule has 0 aromatic carbocycles. The van der Waals surface area contributed by atoms with Crippen molar-refractivity contribution in [3.63, 3.8) is 0 Å². The standard InChI is InChI=1S/C18H19F3N8O2/c1-3-31-13-8-28(9-13)12-4-15(30)29(24-7-12)10-14-16(25-26-27(14)2)17-22-5-11(6-23-17)18(19,20)21/h4-7,13H,3,8-10H2,1-2H3. The van der Waals surface area contributed by atoms with Crippen molar-refractivity contribution in [1.82, 2.24) is 34.7 Å². The normalized spacial score (nSPS) is 14.7. The molecule has 1 saturated heterocycles. The molecular weight excluding hydrogens is 417 g/mol. The molecule has 0 unspecified atom stereocenters. The van der Waals surface area contributed by atoms with Crippen LogP contribution in [0.3, 0.4) is 0 Å². The molecule has 1 aliphatic heterocycles. The monoisotopic (exact) mass is 436 g/mol. The molecule has 1 aliphatic rings. The molecule has 0 saturated carbocycles. The van der Waals surface area contributed by atoms with Crippen LogP contribution in [0.15, 0.2) is 29.5 Å². The number of anilines is 1. The number of hydrogen-bond donors (Lipinski definition) is 0. The molecule has 0 spiro atoms. The highest BCUT2D eigenvalue weighted by Gasteiger charge is 2.32. The van der Waals surface area contributed by atoms with E-state index in [1.54, 1.807) is 13.2 Å². The van der Waals surface area contributed by atoms with E-state index < -0.39 is 11.7 Å². The summed E-state index contributed by atoms with van der Waals surface area (Å²) < 4.78 is 46.4. The Kier molecular flexibility index (Phi) is 5.43. The second kappa shape index (κ2) is 8.06. The van der Waals surface area contributed by atoms with E-state index in [-0.39, 0.29) is 29.7 Å². The molecular formula is C18H19F3N8O2. The Bertz CT molecular complexity index is 1120. The van der Waals surface area contributed by atoms with Gasteiger partial charge in [-0.15, -0.1) is 5.10 Å². The fraction of sp³-hybridized carbons (Fsp3) is 0.444. The van der Waals surface area contributed by atoms with E-state index in [2.05, 4.69) is 25.4 Å². The van der Waals surface area contributed by atoms with Gasteiger partial charge in [0, 0.05) is 45.2 Å². The second-order valence-electron chi connectivity index (χ2n) is 6.99. The number of hydrogen-bond acceptors (Lipinski definition) is 8. The van der Waals surface area contributed by atoms with Crippen LogP contribution in [0.2, 0.25) is 0 Å². The van der Waals surface area contributed by atoms with Gasteiger partial charge >= 0.3 is 6.18 Å². The van der Waals surface area contributed by atoms with E-state index in [0.29, 0.717) is 43.5 Å². The van der Waals surface area contributed by atoms with E-state index in [1.165, 1.54) is 15.4 Å². The van der Waals surface area contributed by atoms with Gasteiger partial charge in [0.2, 0.25) is 0 Å². The minimum absolute atomic E-state index is 0.00387. The van der Waals surface area contributed by atoms with Gasteiger partial charge in [-0.25, -0.2) is 19.3 Å². The minimum Gasteiger partial charge on any atom is -0.375 e. The van der Waals surface area contributed by atoms with Crippen molar-refractivity contribution in [2.45, 2.75) is 25.7 Å². The second-order valence-corrected chi connectivity index (χ2v) is 6.99. The van der Waals surface area contributed by atoms with Crippen molar-refractivity contribution in [3.05, 3.63) is 46.3 Å². The van der Waals surface area contributed by atoms with Crippen molar-refractivity contribution >= 4 is 5.69 Å². The summed E-state index contributed by atoms with van der Waals surface area (Å²) in [5.41, 5.74) is 0.0102. The first-order valence-electron chi connectivity index (χ1n) is 9.48. The third kappa shape index (κ3) is 4.26. The lowest BCUT2D eigenvalue weighted by atomic mass is 10.1. The van der Waals surface area contributed by atoms with Crippen molar-refractivity contribution < 1.29 is 17.9 Å². The lowest BCUT2D eigenvalue weighted by molar-refractivity contribution is -0.138. The third-order valence-corrected chi connectivity index (χ3v) is 4.90. The quantitative estimate of drug-likeness (QED) is 0.566. The van der Waals surface area contributed by atoms with Gasteiger partial charge in [-0.05, 0) is 6.92 Å². The molecule has 10 nitrogen and oxygen atoms in total. The van der Waals surface area contributed by atoms with Gasteiger partial charge in [0.05, 0.1) is 35.8 Å². The zero-order chi connectivity index (χ0) is 22.2. The van der Waals surface area contributed by atoms with Gasteiger partial charge in [0.15, 0.2) is 11.5 Å². The van der Waals surface area contributed by atoms with E-state index in [0.717, 1.165) is 0 Å². The first-order chi connectivity index (χ1) is 14.8. The molecule has 4 rings (SSSR count). The molecule has 3 aromatic rings. The van der Waals surface area contributed by atoms with Gasteiger partial charge < -0.3 is 9.64 Å². The molecule has 0 amide bonds. The Morgan fingerprint density at radius 3 is 2.52 bits per heavy atom. The van der Waals surface area contributed by atoms with Crippen LogP contribution in [0.4, 0.5) is 18.9 Å². The maximum absolute atomic E-state index is 12.7. The fourth-order valence-electron chi connectivity index (χ4n) is 3.17. The zero-order valence-electron chi connectivity index (χ0n) is 16.7. The van der Waals surface area contributed by atoms with Crippen LogP contribution in [0.5, 0.6) is 0 Å². The summed E-state index contributed by atoms with van der Waals surface area (Å²) >= 11 is 0. The van der Waals surface area contributed by atoms with Crippen molar-refractivity contribution in [2.75, 3.05) is 24.6 Å². The van der Waals surface area contributed by atoms with Crippen LogP contribution >= 0.6 is 0 Å². The molecule has 0 radical (unpaired) electrons. The van der Waals surface area contributed by atoms with Gasteiger partial charge in [-0.2, -0.15) is 18.3 Å². The summed E-state index contributed by atoms with van der Waals surface area (Å²) in [5.74, 6) is -0.0247. The predicted octanol–water partition coefficient (Wildman–Crippen LogP) is 1.12. The minimum atomic E-state index is -4.54. The SMILES string of the molecule is CCOC1CN(c2cnn(Cc3c(-c4ncc(C(F)(F)F)cn4)nnn3C)c(=O)c2)C1. The molecule has 4 heterocycles. The summed E-state index contributed by atoms with van der Waals surface area (Å²) in [4.78, 5) is 22.1. The number of aryl methyl sites for hydroxylation is 1.